The van der Waals surface area contributed by atoms with Crippen LogP contribution in [0, 0.1) is 5.92 Å². The number of nitrogens with one attached hydrogen (secondary N) is 2. The third kappa shape index (κ3) is 4.18. The third-order valence-corrected chi connectivity index (χ3v) is 3.49. The molecular weight excluding hydrogens is 309 g/mol. The SMILES string of the molecule is COC(=O)NC1=C[C@H](CC(C)C)Nc2ccc(C(F)(F)F)cc21. The summed E-state index contributed by atoms with van der Waals surface area (Å²) in [7, 11) is 1.20. The number of carbonyl (C=O) groups excluding carboxylic acids is 1. The monoisotopic (exact) mass is 328 g/mol. The topological polar surface area (TPSA) is 50.4 Å². The summed E-state index contributed by atoms with van der Waals surface area (Å²) in [6.07, 6.45) is -2.66. The summed E-state index contributed by atoms with van der Waals surface area (Å²) in [5.74, 6) is 0.388. The molecule has 0 aliphatic carbocycles. The van der Waals surface area contributed by atoms with Crippen molar-refractivity contribution in [1.29, 1.82) is 0 Å². The van der Waals surface area contributed by atoms with Crippen molar-refractivity contribution in [3.8, 4) is 0 Å². The van der Waals surface area contributed by atoms with Gasteiger partial charge in [0.25, 0.3) is 0 Å². The van der Waals surface area contributed by atoms with Crippen molar-refractivity contribution in [3.63, 3.8) is 0 Å². The molecule has 0 fully saturated rings. The van der Waals surface area contributed by atoms with Crippen LogP contribution in [0.2, 0.25) is 0 Å². The van der Waals surface area contributed by atoms with Gasteiger partial charge in [0.1, 0.15) is 0 Å². The van der Waals surface area contributed by atoms with Gasteiger partial charge in [0, 0.05) is 17.3 Å². The number of anilines is 1. The molecule has 126 valence electrons. The highest BCUT2D eigenvalue weighted by Crippen LogP contribution is 2.36. The molecule has 2 N–H and O–H groups in total. The van der Waals surface area contributed by atoms with Crippen LogP contribution >= 0.6 is 0 Å². The second kappa shape index (κ2) is 6.52. The number of carbonyl (C=O) groups is 1. The maximum absolute atomic E-state index is 12.9. The van der Waals surface area contributed by atoms with Crippen LogP contribution in [0.15, 0.2) is 24.3 Å². The Labute approximate surface area is 132 Å². The maximum atomic E-state index is 12.9. The van der Waals surface area contributed by atoms with Crippen LogP contribution in [0.3, 0.4) is 0 Å². The van der Waals surface area contributed by atoms with E-state index < -0.39 is 17.8 Å². The number of benzene rings is 1. The largest absolute Gasteiger partial charge is 0.453 e. The van der Waals surface area contributed by atoms with E-state index >= 15 is 0 Å². The lowest BCUT2D eigenvalue weighted by Gasteiger charge is -2.28. The Balaban J connectivity index is 2.42. The van der Waals surface area contributed by atoms with E-state index in [4.69, 9.17) is 0 Å². The van der Waals surface area contributed by atoms with Crippen LogP contribution in [0.4, 0.5) is 23.7 Å². The normalized spacial score (nSPS) is 17.2. The molecule has 0 radical (unpaired) electrons. The molecular formula is C16H19F3N2O2. The predicted molar refractivity (Wildman–Crippen MR) is 81.8 cm³/mol. The number of rotatable bonds is 3. The van der Waals surface area contributed by atoms with E-state index in [2.05, 4.69) is 15.4 Å². The lowest BCUT2D eigenvalue weighted by molar-refractivity contribution is -0.137. The van der Waals surface area contributed by atoms with Crippen molar-refractivity contribution >= 4 is 17.5 Å². The lowest BCUT2D eigenvalue weighted by Crippen LogP contribution is -2.30. The van der Waals surface area contributed by atoms with Crippen LogP contribution in [-0.4, -0.2) is 19.2 Å². The van der Waals surface area contributed by atoms with Gasteiger partial charge in [-0.05, 0) is 36.6 Å². The van der Waals surface area contributed by atoms with Crippen LogP contribution in [0.25, 0.3) is 5.70 Å². The molecule has 0 saturated carbocycles. The highest BCUT2D eigenvalue weighted by Gasteiger charge is 2.32. The minimum Gasteiger partial charge on any atom is -0.453 e. The van der Waals surface area contributed by atoms with Gasteiger partial charge < -0.3 is 10.1 Å². The zero-order valence-electron chi connectivity index (χ0n) is 13.1. The highest BCUT2D eigenvalue weighted by atomic mass is 19.4. The number of fused-ring (bicyclic) bond motifs is 1. The summed E-state index contributed by atoms with van der Waals surface area (Å²) in [5.41, 5.74) is 0.406. The number of alkyl halides is 3. The fourth-order valence-corrected chi connectivity index (χ4v) is 2.51. The van der Waals surface area contributed by atoms with E-state index in [1.54, 1.807) is 6.08 Å². The van der Waals surface area contributed by atoms with Gasteiger partial charge in [-0.25, -0.2) is 4.79 Å². The second-order valence-electron chi connectivity index (χ2n) is 5.84. The highest BCUT2D eigenvalue weighted by molar-refractivity contribution is 5.88. The summed E-state index contributed by atoms with van der Waals surface area (Å²) in [6.45, 7) is 4.09. The number of halogens is 3. The van der Waals surface area contributed by atoms with Gasteiger partial charge in [-0.15, -0.1) is 0 Å². The van der Waals surface area contributed by atoms with Crippen molar-refractivity contribution in [2.24, 2.45) is 5.92 Å². The van der Waals surface area contributed by atoms with E-state index in [-0.39, 0.29) is 6.04 Å². The van der Waals surface area contributed by atoms with Crippen LogP contribution in [0.1, 0.15) is 31.4 Å². The van der Waals surface area contributed by atoms with E-state index in [0.717, 1.165) is 18.6 Å². The average molecular weight is 328 g/mol. The third-order valence-electron chi connectivity index (χ3n) is 3.49. The predicted octanol–water partition coefficient (Wildman–Crippen LogP) is 4.24. The quantitative estimate of drug-likeness (QED) is 0.872. The summed E-state index contributed by atoms with van der Waals surface area (Å²) in [4.78, 5) is 11.5. The maximum Gasteiger partial charge on any atom is 0.416 e. The number of hydrogen-bond donors (Lipinski definition) is 2. The minimum atomic E-state index is -4.44. The molecule has 1 amide bonds. The van der Waals surface area contributed by atoms with E-state index in [1.165, 1.54) is 13.2 Å². The molecule has 23 heavy (non-hydrogen) atoms. The fourth-order valence-electron chi connectivity index (χ4n) is 2.51. The molecule has 4 nitrogen and oxygen atoms in total. The standard InChI is InChI=1S/C16H19F3N2O2/c1-9(2)6-11-8-14(21-15(22)23-3)12-7-10(16(17,18)19)4-5-13(12)20-11/h4-5,7-9,11,20H,6H2,1-3H3,(H,21,22)/t11-/m0/s1. The molecule has 0 aromatic heterocycles. The summed E-state index contributed by atoms with van der Waals surface area (Å²) in [6, 6.07) is 3.36. The van der Waals surface area contributed by atoms with E-state index in [0.29, 0.717) is 22.9 Å². The Bertz CT molecular complexity index is 624. The molecule has 1 heterocycles. The molecule has 1 aliphatic rings. The summed E-state index contributed by atoms with van der Waals surface area (Å²) >= 11 is 0. The molecule has 2 rings (SSSR count). The molecule has 1 aromatic carbocycles. The number of amides is 1. The molecule has 1 atom stereocenters. The molecule has 0 spiro atoms. The van der Waals surface area contributed by atoms with E-state index in [9.17, 15) is 18.0 Å². The first kappa shape index (κ1) is 17.2. The molecule has 0 bridgehead atoms. The number of methoxy groups -OCH3 is 1. The number of hydrogen-bond acceptors (Lipinski definition) is 3. The Kier molecular flexibility index (Phi) is 4.87. The second-order valence-corrected chi connectivity index (χ2v) is 5.84. The van der Waals surface area contributed by atoms with Gasteiger partial charge in [-0.3, -0.25) is 5.32 Å². The first-order valence-corrected chi connectivity index (χ1v) is 7.25. The van der Waals surface area contributed by atoms with Gasteiger partial charge in [0.05, 0.1) is 18.4 Å². The van der Waals surface area contributed by atoms with Gasteiger partial charge >= 0.3 is 12.3 Å². The minimum absolute atomic E-state index is 0.0774. The Hall–Kier alpha value is -2.18. The van der Waals surface area contributed by atoms with Crippen LogP contribution in [0.5, 0.6) is 0 Å². The molecule has 1 aliphatic heterocycles. The summed E-state index contributed by atoms with van der Waals surface area (Å²) in [5, 5.41) is 5.69. The van der Waals surface area contributed by atoms with Crippen LogP contribution < -0.4 is 10.6 Å². The summed E-state index contributed by atoms with van der Waals surface area (Å²) < 4.78 is 43.3. The van der Waals surface area contributed by atoms with Gasteiger partial charge in [0.2, 0.25) is 0 Å². The molecule has 7 heteroatoms. The smallest absolute Gasteiger partial charge is 0.416 e. The van der Waals surface area contributed by atoms with Crippen molar-refractivity contribution in [2.75, 3.05) is 12.4 Å². The van der Waals surface area contributed by atoms with Gasteiger partial charge in [0.15, 0.2) is 0 Å². The Morgan fingerprint density at radius 3 is 2.65 bits per heavy atom. The van der Waals surface area contributed by atoms with E-state index in [1.807, 2.05) is 13.8 Å². The fraction of sp³-hybridized carbons (Fsp3) is 0.438. The zero-order chi connectivity index (χ0) is 17.2. The molecule has 0 saturated heterocycles. The molecule has 1 aromatic rings. The van der Waals surface area contributed by atoms with Crippen LogP contribution in [-0.2, 0) is 10.9 Å². The Morgan fingerprint density at radius 1 is 1.39 bits per heavy atom. The van der Waals surface area contributed by atoms with Crippen molar-refractivity contribution in [3.05, 3.63) is 35.4 Å². The lowest BCUT2D eigenvalue weighted by atomic mass is 9.95. The zero-order valence-corrected chi connectivity index (χ0v) is 13.1. The van der Waals surface area contributed by atoms with Crippen molar-refractivity contribution in [2.45, 2.75) is 32.5 Å². The Morgan fingerprint density at radius 2 is 2.09 bits per heavy atom. The van der Waals surface area contributed by atoms with Gasteiger partial charge in [-0.1, -0.05) is 13.8 Å². The van der Waals surface area contributed by atoms with Gasteiger partial charge in [-0.2, -0.15) is 13.2 Å². The van der Waals surface area contributed by atoms with Crippen molar-refractivity contribution < 1.29 is 22.7 Å². The first-order chi connectivity index (χ1) is 10.7. The first-order valence-electron chi connectivity index (χ1n) is 7.25. The molecule has 0 unspecified atom stereocenters. The van der Waals surface area contributed by atoms with Crippen molar-refractivity contribution in [1.82, 2.24) is 5.32 Å². The average Bonchev–Trinajstić information content (AvgIpc) is 2.45. The number of alkyl carbamates (subject to hydrolysis) is 1. The number of ether oxygens (including phenoxy) is 1.